The van der Waals surface area contributed by atoms with Gasteiger partial charge in [-0.15, -0.1) is 0 Å². The molecule has 4 nitrogen and oxygen atoms in total. The Balaban J connectivity index is 1.81. The van der Waals surface area contributed by atoms with Gasteiger partial charge in [-0.25, -0.2) is 4.39 Å². The maximum Gasteiger partial charge on any atom is 0.265 e. The number of oxime groups is 1. The summed E-state index contributed by atoms with van der Waals surface area (Å²) in [6, 6.07) is 13.6. The molecule has 2 rings (SSSR count). The van der Waals surface area contributed by atoms with Crippen LogP contribution in [0.1, 0.15) is 31.9 Å². The number of benzene rings is 2. The number of carbonyl (C=O) groups excluding carboxylic acids is 1. The Hall–Kier alpha value is -2.69. The summed E-state index contributed by atoms with van der Waals surface area (Å²) >= 11 is 0. The zero-order valence-corrected chi connectivity index (χ0v) is 14.0. The Morgan fingerprint density at radius 1 is 1.21 bits per heavy atom. The van der Waals surface area contributed by atoms with Gasteiger partial charge in [0, 0.05) is 5.69 Å². The van der Waals surface area contributed by atoms with Crippen LogP contribution in [-0.2, 0) is 15.0 Å². The van der Waals surface area contributed by atoms with E-state index in [1.807, 2.05) is 24.3 Å². The first-order valence-electron chi connectivity index (χ1n) is 7.66. The molecule has 0 atom stereocenters. The Labute approximate surface area is 141 Å². The van der Waals surface area contributed by atoms with Gasteiger partial charge in [0.2, 0.25) is 0 Å². The number of anilines is 1. The highest BCUT2D eigenvalue weighted by Crippen LogP contribution is 2.23. The number of rotatable bonds is 5. The average molecular weight is 328 g/mol. The molecule has 0 saturated carbocycles. The van der Waals surface area contributed by atoms with Crippen molar-refractivity contribution in [1.29, 1.82) is 0 Å². The fourth-order valence-corrected chi connectivity index (χ4v) is 2.03. The van der Waals surface area contributed by atoms with Crippen LogP contribution in [0.3, 0.4) is 0 Å². The first-order chi connectivity index (χ1) is 11.3. The summed E-state index contributed by atoms with van der Waals surface area (Å²) in [6.07, 6.45) is 1.36. The second-order valence-electron chi connectivity index (χ2n) is 6.44. The predicted molar refractivity (Wildman–Crippen MR) is 93.7 cm³/mol. The van der Waals surface area contributed by atoms with Crippen molar-refractivity contribution in [3.05, 3.63) is 65.5 Å². The minimum Gasteiger partial charge on any atom is -0.386 e. The molecule has 0 heterocycles. The van der Waals surface area contributed by atoms with Gasteiger partial charge in [0.1, 0.15) is 5.82 Å². The molecule has 0 aliphatic rings. The van der Waals surface area contributed by atoms with Gasteiger partial charge < -0.3 is 10.2 Å². The smallest absolute Gasteiger partial charge is 0.265 e. The third-order valence-electron chi connectivity index (χ3n) is 3.36. The van der Waals surface area contributed by atoms with Crippen molar-refractivity contribution in [2.24, 2.45) is 5.16 Å². The molecule has 0 spiro atoms. The SMILES string of the molecule is CC(C)(C)c1ccc(NC(=O)CO/N=C\c2cccc(F)c2)cc1. The van der Waals surface area contributed by atoms with Crippen molar-refractivity contribution in [2.75, 3.05) is 11.9 Å². The number of hydrogen-bond donors (Lipinski definition) is 1. The lowest BCUT2D eigenvalue weighted by Crippen LogP contribution is -2.17. The van der Waals surface area contributed by atoms with Crippen LogP contribution in [0.5, 0.6) is 0 Å². The van der Waals surface area contributed by atoms with E-state index in [-0.39, 0.29) is 23.7 Å². The second-order valence-corrected chi connectivity index (χ2v) is 6.44. The molecule has 5 heteroatoms. The molecule has 0 unspecified atom stereocenters. The van der Waals surface area contributed by atoms with Gasteiger partial charge in [-0.05, 0) is 40.8 Å². The van der Waals surface area contributed by atoms with Crippen molar-refractivity contribution in [3.8, 4) is 0 Å². The molecule has 0 aliphatic carbocycles. The monoisotopic (exact) mass is 328 g/mol. The van der Waals surface area contributed by atoms with Crippen molar-refractivity contribution in [1.82, 2.24) is 0 Å². The summed E-state index contributed by atoms with van der Waals surface area (Å²) in [6.45, 7) is 6.17. The summed E-state index contributed by atoms with van der Waals surface area (Å²) in [5.74, 6) is -0.662. The molecule has 0 fully saturated rings. The number of amides is 1. The minimum absolute atomic E-state index is 0.0667. The highest BCUT2D eigenvalue weighted by Gasteiger charge is 2.13. The molecule has 0 saturated heterocycles. The van der Waals surface area contributed by atoms with Gasteiger partial charge in [0.15, 0.2) is 6.61 Å². The Kier molecular flexibility index (Phi) is 5.68. The van der Waals surface area contributed by atoms with E-state index in [4.69, 9.17) is 4.84 Å². The van der Waals surface area contributed by atoms with Gasteiger partial charge in [-0.3, -0.25) is 4.79 Å². The standard InChI is InChI=1S/C19H21FN2O2/c1-19(2,3)15-7-9-17(10-8-15)22-18(23)13-24-21-12-14-5-4-6-16(20)11-14/h4-12H,13H2,1-3H3,(H,22,23)/b21-12-. The number of hydrogen-bond acceptors (Lipinski definition) is 3. The van der Waals surface area contributed by atoms with Crippen LogP contribution in [0.4, 0.5) is 10.1 Å². The quantitative estimate of drug-likeness (QED) is 0.663. The molecule has 1 N–H and O–H groups in total. The van der Waals surface area contributed by atoms with Crippen LogP contribution in [0, 0.1) is 5.82 Å². The van der Waals surface area contributed by atoms with Crippen molar-refractivity contribution < 1.29 is 14.0 Å². The van der Waals surface area contributed by atoms with Crippen LogP contribution in [0.15, 0.2) is 53.7 Å². The van der Waals surface area contributed by atoms with Gasteiger partial charge in [0.05, 0.1) is 6.21 Å². The van der Waals surface area contributed by atoms with Crippen molar-refractivity contribution >= 4 is 17.8 Å². The first-order valence-corrected chi connectivity index (χ1v) is 7.66. The average Bonchev–Trinajstić information content (AvgIpc) is 2.51. The van der Waals surface area contributed by atoms with E-state index >= 15 is 0 Å². The van der Waals surface area contributed by atoms with Crippen LogP contribution in [-0.4, -0.2) is 18.7 Å². The molecule has 0 aliphatic heterocycles. The third-order valence-corrected chi connectivity index (χ3v) is 3.36. The number of carbonyl (C=O) groups is 1. The summed E-state index contributed by atoms with van der Waals surface area (Å²) in [7, 11) is 0. The first kappa shape index (κ1) is 17.7. The van der Waals surface area contributed by atoms with E-state index in [0.717, 1.165) is 0 Å². The molecule has 0 radical (unpaired) electrons. The van der Waals surface area contributed by atoms with E-state index in [0.29, 0.717) is 11.3 Å². The van der Waals surface area contributed by atoms with E-state index in [2.05, 4.69) is 31.2 Å². The Morgan fingerprint density at radius 2 is 1.92 bits per heavy atom. The fourth-order valence-electron chi connectivity index (χ4n) is 2.03. The zero-order chi connectivity index (χ0) is 17.6. The van der Waals surface area contributed by atoms with Crippen LogP contribution < -0.4 is 5.32 Å². The van der Waals surface area contributed by atoms with Crippen molar-refractivity contribution in [2.45, 2.75) is 26.2 Å². The summed E-state index contributed by atoms with van der Waals surface area (Å²) in [4.78, 5) is 16.7. The van der Waals surface area contributed by atoms with E-state index in [1.165, 1.54) is 23.9 Å². The van der Waals surface area contributed by atoms with Crippen molar-refractivity contribution in [3.63, 3.8) is 0 Å². The maximum absolute atomic E-state index is 13.0. The molecule has 0 aromatic heterocycles. The van der Waals surface area contributed by atoms with Gasteiger partial charge in [-0.2, -0.15) is 0 Å². The molecule has 126 valence electrons. The Bertz CT molecular complexity index is 719. The van der Waals surface area contributed by atoms with E-state index in [9.17, 15) is 9.18 Å². The number of nitrogens with zero attached hydrogens (tertiary/aromatic N) is 1. The fraction of sp³-hybridized carbons (Fsp3) is 0.263. The molecular weight excluding hydrogens is 307 g/mol. The highest BCUT2D eigenvalue weighted by atomic mass is 19.1. The largest absolute Gasteiger partial charge is 0.386 e. The van der Waals surface area contributed by atoms with E-state index < -0.39 is 0 Å². The minimum atomic E-state index is -0.351. The molecule has 24 heavy (non-hydrogen) atoms. The number of halogens is 1. The summed E-state index contributed by atoms with van der Waals surface area (Å²) in [5, 5.41) is 6.39. The van der Waals surface area contributed by atoms with Gasteiger partial charge in [-0.1, -0.05) is 50.2 Å². The topological polar surface area (TPSA) is 50.7 Å². The third kappa shape index (κ3) is 5.50. The lowest BCUT2D eigenvalue weighted by molar-refractivity contribution is -0.120. The Morgan fingerprint density at radius 3 is 2.54 bits per heavy atom. The molecule has 2 aromatic carbocycles. The highest BCUT2D eigenvalue weighted by molar-refractivity contribution is 5.91. The van der Waals surface area contributed by atoms with Gasteiger partial charge >= 0.3 is 0 Å². The number of nitrogens with one attached hydrogen (secondary N) is 1. The zero-order valence-electron chi connectivity index (χ0n) is 14.0. The van der Waals surface area contributed by atoms with Crippen LogP contribution >= 0.6 is 0 Å². The normalized spacial score (nSPS) is 11.5. The lowest BCUT2D eigenvalue weighted by Gasteiger charge is -2.19. The molecule has 1 amide bonds. The lowest BCUT2D eigenvalue weighted by atomic mass is 9.87. The molecule has 2 aromatic rings. The summed E-state index contributed by atoms with van der Waals surface area (Å²) in [5.41, 5.74) is 2.52. The predicted octanol–water partition coefficient (Wildman–Crippen LogP) is 4.11. The second kappa shape index (κ2) is 7.73. The maximum atomic E-state index is 13.0. The molecule has 0 bridgehead atoms. The van der Waals surface area contributed by atoms with Gasteiger partial charge in [0.25, 0.3) is 5.91 Å². The molecular formula is C19H21FN2O2. The van der Waals surface area contributed by atoms with E-state index in [1.54, 1.807) is 12.1 Å². The summed E-state index contributed by atoms with van der Waals surface area (Å²) < 4.78 is 13.0. The van der Waals surface area contributed by atoms with Crippen LogP contribution in [0.2, 0.25) is 0 Å². The van der Waals surface area contributed by atoms with Crippen LogP contribution in [0.25, 0.3) is 0 Å².